The van der Waals surface area contributed by atoms with E-state index in [1.807, 2.05) is 24.3 Å². The van der Waals surface area contributed by atoms with E-state index in [-0.39, 0.29) is 5.78 Å². The Labute approximate surface area is 123 Å². The van der Waals surface area contributed by atoms with Crippen molar-refractivity contribution in [1.82, 2.24) is 0 Å². The summed E-state index contributed by atoms with van der Waals surface area (Å²) in [5, 5.41) is 0. The fraction of sp³-hybridized carbons (Fsp3) is 0.611. The van der Waals surface area contributed by atoms with E-state index in [1.54, 1.807) is 0 Å². The Bertz CT molecular complexity index is 368. The second-order valence-corrected chi connectivity index (χ2v) is 5.31. The van der Waals surface area contributed by atoms with Crippen molar-refractivity contribution in [3.63, 3.8) is 0 Å². The second-order valence-electron chi connectivity index (χ2n) is 5.31. The van der Waals surface area contributed by atoms with Crippen LogP contribution in [-0.2, 0) is 0 Å². The minimum Gasteiger partial charge on any atom is -0.494 e. The summed E-state index contributed by atoms with van der Waals surface area (Å²) < 4.78 is 5.51. The molecule has 0 bridgehead atoms. The summed E-state index contributed by atoms with van der Waals surface area (Å²) in [5.74, 6) is 1.10. The van der Waals surface area contributed by atoms with Crippen molar-refractivity contribution in [2.45, 2.75) is 65.2 Å². The molecule has 112 valence electrons. The number of hydrogen-bond acceptors (Lipinski definition) is 2. The van der Waals surface area contributed by atoms with Gasteiger partial charge in [-0.3, -0.25) is 4.79 Å². The van der Waals surface area contributed by atoms with E-state index in [0.29, 0.717) is 6.42 Å². The number of unbranched alkanes of at least 4 members (excludes halogenated alkanes) is 5. The zero-order valence-electron chi connectivity index (χ0n) is 13.0. The molecule has 0 atom stereocenters. The van der Waals surface area contributed by atoms with Crippen LogP contribution in [0, 0.1) is 0 Å². The van der Waals surface area contributed by atoms with Crippen LogP contribution in [0.2, 0.25) is 0 Å². The summed E-state index contributed by atoms with van der Waals surface area (Å²) in [5.41, 5.74) is 0.808. The normalized spacial score (nSPS) is 10.5. The third-order valence-electron chi connectivity index (χ3n) is 3.41. The van der Waals surface area contributed by atoms with Crippen molar-refractivity contribution in [3.8, 4) is 5.75 Å². The topological polar surface area (TPSA) is 26.3 Å². The molecule has 20 heavy (non-hydrogen) atoms. The average Bonchev–Trinajstić information content (AvgIpc) is 2.49. The van der Waals surface area contributed by atoms with Crippen LogP contribution in [0.3, 0.4) is 0 Å². The number of Topliss-reactive ketones (excluding diaryl/α,β-unsaturated/α-hetero) is 1. The molecule has 0 aromatic heterocycles. The summed E-state index contributed by atoms with van der Waals surface area (Å²) >= 11 is 0. The molecule has 0 heterocycles. The molecule has 0 spiro atoms. The van der Waals surface area contributed by atoms with Crippen molar-refractivity contribution in [2.24, 2.45) is 0 Å². The lowest BCUT2D eigenvalue weighted by Gasteiger charge is -2.05. The van der Waals surface area contributed by atoms with E-state index >= 15 is 0 Å². The quantitative estimate of drug-likeness (QED) is 0.399. The number of rotatable bonds is 11. The molecule has 1 aromatic rings. The standard InChI is InChI=1S/C18H28O2/c1-3-5-6-7-8-9-10-18(19)16-11-13-17(14-12-16)20-15-4-2/h11-14H,3-10,15H2,1-2H3. The lowest BCUT2D eigenvalue weighted by Crippen LogP contribution is -2.00. The highest BCUT2D eigenvalue weighted by Gasteiger charge is 2.05. The monoisotopic (exact) mass is 276 g/mol. The summed E-state index contributed by atoms with van der Waals surface area (Å²) in [6.07, 6.45) is 8.98. The van der Waals surface area contributed by atoms with Crippen LogP contribution >= 0.6 is 0 Å². The van der Waals surface area contributed by atoms with Crippen molar-refractivity contribution in [1.29, 1.82) is 0 Å². The number of carbonyl (C=O) groups excluding carboxylic acids is 1. The van der Waals surface area contributed by atoms with Gasteiger partial charge in [0.05, 0.1) is 6.61 Å². The Morgan fingerprint density at radius 3 is 2.20 bits per heavy atom. The molecular formula is C18H28O2. The average molecular weight is 276 g/mol. The number of ether oxygens (including phenoxy) is 1. The molecule has 2 heteroatoms. The number of carbonyl (C=O) groups is 1. The largest absolute Gasteiger partial charge is 0.494 e. The van der Waals surface area contributed by atoms with E-state index in [9.17, 15) is 4.79 Å². The molecule has 0 N–H and O–H groups in total. The van der Waals surface area contributed by atoms with Gasteiger partial charge in [-0.15, -0.1) is 0 Å². The smallest absolute Gasteiger partial charge is 0.162 e. The van der Waals surface area contributed by atoms with E-state index in [0.717, 1.165) is 30.8 Å². The number of ketones is 1. The molecule has 0 radical (unpaired) electrons. The van der Waals surface area contributed by atoms with Gasteiger partial charge in [0.15, 0.2) is 5.78 Å². The highest BCUT2D eigenvalue weighted by molar-refractivity contribution is 5.96. The van der Waals surface area contributed by atoms with Gasteiger partial charge >= 0.3 is 0 Å². The zero-order valence-corrected chi connectivity index (χ0v) is 13.0. The predicted molar refractivity (Wildman–Crippen MR) is 84.6 cm³/mol. The van der Waals surface area contributed by atoms with Crippen LogP contribution in [-0.4, -0.2) is 12.4 Å². The minimum absolute atomic E-state index is 0.252. The highest BCUT2D eigenvalue weighted by Crippen LogP contribution is 2.15. The Kier molecular flexibility index (Phi) is 8.77. The Hall–Kier alpha value is -1.31. The molecule has 2 nitrogen and oxygen atoms in total. The lowest BCUT2D eigenvalue weighted by molar-refractivity contribution is 0.0979. The summed E-state index contributed by atoms with van der Waals surface area (Å²) in [7, 11) is 0. The van der Waals surface area contributed by atoms with Crippen LogP contribution < -0.4 is 4.74 Å². The van der Waals surface area contributed by atoms with Gasteiger partial charge in [-0.25, -0.2) is 0 Å². The first-order valence-corrected chi connectivity index (χ1v) is 8.04. The second kappa shape index (κ2) is 10.5. The molecule has 1 rings (SSSR count). The van der Waals surface area contributed by atoms with Gasteiger partial charge in [0, 0.05) is 12.0 Å². The maximum atomic E-state index is 12.0. The number of hydrogen-bond donors (Lipinski definition) is 0. The highest BCUT2D eigenvalue weighted by atomic mass is 16.5. The van der Waals surface area contributed by atoms with Crippen LogP contribution in [0.15, 0.2) is 24.3 Å². The molecule has 0 aliphatic carbocycles. The Morgan fingerprint density at radius 2 is 1.55 bits per heavy atom. The van der Waals surface area contributed by atoms with Crippen LogP contribution in [0.4, 0.5) is 0 Å². The van der Waals surface area contributed by atoms with Crippen LogP contribution in [0.5, 0.6) is 5.75 Å². The van der Waals surface area contributed by atoms with Crippen molar-refractivity contribution >= 4 is 5.78 Å². The van der Waals surface area contributed by atoms with Crippen molar-refractivity contribution in [2.75, 3.05) is 6.61 Å². The predicted octanol–water partition coefficient (Wildman–Crippen LogP) is 5.41. The molecule has 0 amide bonds. The van der Waals surface area contributed by atoms with Crippen molar-refractivity contribution < 1.29 is 9.53 Å². The molecule has 0 saturated carbocycles. The molecule has 0 unspecified atom stereocenters. The van der Waals surface area contributed by atoms with Crippen molar-refractivity contribution in [3.05, 3.63) is 29.8 Å². The van der Waals surface area contributed by atoms with Crippen LogP contribution in [0.25, 0.3) is 0 Å². The van der Waals surface area contributed by atoms with E-state index < -0.39 is 0 Å². The van der Waals surface area contributed by atoms with Gasteiger partial charge in [-0.05, 0) is 37.1 Å². The van der Waals surface area contributed by atoms with Gasteiger partial charge in [0.2, 0.25) is 0 Å². The fourth-order valence-corrected chi connectivity index (χ4v) is 2.17. The first-order chi connectivity index (χ1) is 9.77. The van der Waals surface area contributed by atoms with Gasteiger partial charge in [-0.2, -0.15) is 0 Å². The Morgan fingerprint density at radius 1 is 0.900 bits per heavy atom. The van der Waals surface area contributed by atoms with Gasteiger partial charge in [0.1, 0.15) is 5.75 Å². The van der Waals surface area contributed by atoms with E-state index in [1.165, 1.54) is 32.1 Å². The molecule has 0 aliphatic heterocycles. The molecular weight excluding hydrogens is 248 g/mol. The maximum absolute atomic E-state index is 12.0. The van der Waals surface area contributed by atoms with Gasteiger partial charge in [0.25, 0.3) is 0 Å². The number of benzene rings is 1. The SMILES string of the molecule is CCCCCCCCC(=O)c1ccc(OCCC)cc1. The first-order valence-electron chi connectivity index (χ1n) is 8.04. The maximum Gasteiger partial charge on any atom is 0.162 e. The first kappa shape index (κ1) is 16.7. The third-order valence-corrected chi connectivity index (χ3v) is 3.41. The lowest BCUT2D eigenvalue weighted by atomic mass is 10.0. The summed E-state index contributed by atoms with van der Waals surface area (Å²) in [4.78, 5) is 12.0. The van der Waals surface area contributed by atoms with E-state index in [4.69, 9.17) is 4.74 Å². The van der Waals surface area contributed by atoms with Crippen LogP contribution in [0.1, 0.15) is 75.6 Å². The molecule has 0 saturated heterocycles. The van der Waals surface area contributed by atoms with Gasteiger partial charge < -0.3 is 4.74 Å². The minimum atomic E-state index is 0.252. The zero-order chi connectivity index (χ0) is 14.6. The van der Waals surface area contributed by atoms with E-state index in [2.05, 4.69) is 13.8 Å². The molecule has 0 aliphatic rings. The fourth-order valence-electron chi connectivity index (χ4n) is 2.17. The Balaban J connectivity index is 2.25. The third kappa shape index (κ3) is 6.74. The summed E-state index contributed by atoms with van der Waals surface area (Å²) in [6, 6.07) is 7.54. The molecule has 0 fully saturated rings. The molecule has 1 aromatic carbocycles. The van der Waals surface area contributed by atoms with Gasteiger partial charge in [-0.1, -0.05) is 46.0 Å². The summed E-state index contributed by atoms with van der Waals surface area (Å²) in [6.45, 7) is 5.03.